The summed E-state index contributed by atoms with van der Waals surface area (Å²) >= 11 is 3.45. The Morgan fingerprint density at radius 1 is 1.57 bits per heavy atom. The highest BCUT2D eigenvalue weighted by Crippen LogP contribution is 2.29. The van der Waals surface area contributed by atoms with Gasteiger partial charge in [-0.1, -0.05) is 15.9 Å². The van der Waals surface area contributed by atoms with Crippen molar-refractivity contribution in [1.82, 2.24) is 15.1 Å². The average molecular weight is 352 g/mol. The lowest BCUT2D eigenvalue weighted by atomic mass is 10.2. The molecular weight excluding hydrogens is 334 g/mol. The molecule has 1 fully saturated rings. The number of fused-ring (bicyclic) bond motifs is 1. The van der Waals surface area contributed by atoms with Crippen LogP contribution in [0.2, 0.25) is 0 Å². The van der Waals surface area contributed by atoms with E-state index in [9.17, 15) is 4.79 Å². The zero-order chi connectivity index (χ0) is 15.0. The molecule has 0 saturated heterocycles. The van der Waals surface area contributed by atoms with Crippen LogP contribution < -0.4 is 10.1 Å². The fourth-order valence-corrected chi connectivity index (χ4v) is 2.59. The van der Waals surface area contributed by atoms with Gasteiger partial charge in [0.2, 0.25) is 5.88 Å². The number of aryl methyl sites for hydroxylation is 1. The van der Waals surface area contributed by atoms with Gasteiger partial charge in [-0.3, -0.25) is 9.48 Å². The van der Waals surface area contributed by atoms with Gasteiger partial charge in [0, 0.05) is 18.1 Å². The van der Waals surface area contributed by atoms with E-state index >= 15 is 0 Å². The van der Waals surface area contributed by atoms with Gasteiger partial charge in [0.1, 0.15) is 0 Å². The highest BCUT2D eigenvalue weighted by Gasteiger charge is 2.24. The molecule has 21 heavy (non-hydrogen) atoms. The Bertz CT molecular complexity index is 679. The molecule has 1 aromatic heterocycles. The quantitative estimate of drug-likeness (QED) is 0.900. The molecule has 1 saturated carbocycles. The number of nitrogens with zero attached hydrogens (tertiary/aromatic N) is 2. The summed E-state index contributed by atoms with van der Waals surface area (Å²) in [6.45, 7) is 2.50. The number of benzene rings is 1. The van der Waals surface area contributed by atoms with Gasteiger partial charge in [0.15, 0.2) is 6.10 Å². The Kier molecular flexibility index (Phi) is 3.89. The van der Waals surface area contributed by atoms with Crippen LogP contribution in [0.5, 0.6) is 5.88 Å². The first-order valence-corrected chi connectivity index (χ1v) is 7.90. The third-order valence-corrected chi connectivity index (χ3v) is 4.19. The fraction of sp³-hybridized carbons (Fsp3) is 0.467. The summed E-state index contributed by atoms with van der Waals surface area (Å²) in [5, 5.41) is 8.17. The van der Waals surface area contributed by atoms with E-state index in [0.717, 1.165) is 21.9 Å². The van der Waals surface area contributed by atoms with E-state index in [-0.39, 0.29) is 5.91 Å². The molecule has 3 rings (SSSR count). The van der Waals surface area contributed by atoms with E-state index in [1.807, 2.05) is 25.2 Å². The molecule has 1 aromatic carbocycles. The number of carbonyl (C=O) groups is 1. The van der Waals surface area contributed by atoms with Crippen molar-refractivity contribution >= 4 is 32.7 Å². The molecule has 2 aromatic rings. The Balaban J connectivity index is 1.74. The van der Waals surface area contributed by atoms with Crippen molar-refractivity contribution in [2.24, 2.45) is 13.0 Å². The second-order valence-corrected chi connectivity index (χ2v) is 6.45. The number of nitrogens with one attached hydrogen (secondary N) is 1. The molecule has 1 aliphatic carbocycles. The van der Waals surface area contributed by atoms with Gasteiger partial charge in [-0.05, 0) is 43.9 Å². The molecular formula is C15H18BrN3O2. The highest BCUT2D eigenvalue weighted by atomic mass is 79.9. The zero-order valence-corrected chi connectivity index (χ0v) is 13.7. The third-order valence-electron chi connectivity index (χ3n) is 3.70. The first-order chi connectivity index (χ1) is 10.0. The topological polar surface area (TPSA) is 56.2 Å². The van der Waals surface area contributed by atoms with Crippen molar-refractivity contribution in [2.45, 2.75) is 25.9 Å². The van der Waals surface area contributed by atoms with E-state index in [4.69, 9.17) is 4.74 Å². The van der Waals surface area contributed by atoms with E-state index in [0.29, 0.717) is 11.8 Å². The Hall–Kier alpha value is -1.56. The molecule has 0 unspecified atom stereocenters. The molecule has 1 aliphatic rings. The van der Waals surface area contributed by atoms with E-state index in [2.05, 4.69) is 26.3 Å². The number of ether oxygens (including phenoxy) is 1. The summed E-state index contributed by atoms with van der Waals surface area (Å²) in [4.78, 5) is 12.0. The number of amides is 1. The smallest absolute Gasteiger partial charge is 0.260 e. The minimum atomic E-state index is -0.555. The highest BCUT2D eigenvalue weighted by molar-refractivity contribution is 9.10. The fourth-order valence-electron chi connectivity index (χ4n) is 2.22. The van der Waals surface area contributed by atoms with Crippen LogP contribution in [0.25, 0.3) is 10.9 Å². The largest absolute Gasteiger partial charge is 0.463 e. The zero-order valence-electron chi connectivity index (χ0n) is 12.1. The number of rotatable bonds is 5. The van der Waals surface area contributed by atoms with Crippen molar-refractivity contribution in [2.75, 3.05) is 6.54 Å². The summed E-state index contributed by atoms with van der Waals surface area (Å²) in [7, 11) is 1.86. The molecule has 0 bridgehead atoms. The van der Waals surface area contributed by atoms with Gasteiger partial charge < -0.3 is 10.1 Å². The lowest BCUT2D eigenvalue weighted by molar-refractivity contribution is -0.127. The number of halogens is 1. The normalized spacial score (nSPS) is 16.0. The van der Waals surface area contributed by atoms with Crippen LogP contribution in [0.4, 0.5) is 0 Å². The van der Waals surface area contributed by atoms with Crippen LogP contribution in [0.1, 0.15) is 19.8 Å². The van der Waals surface area contributed by atoms with Crippen molar-refractivity contribution in [1.29, 1.82) is 0 Å². The van der Waals surface area contributed by atoms with E-state index in [1.54, 1.807) is 11.6 Å². The van der Waals surface area contributed by atoms with Gasteiger partial charge in [-0.25, -0.2) is 0 Å². The molecule has 0 aliphatic heterocycles. The standard InChI is InChI=1S/C15H18BrN3O2/c1-9(14(20)17-8-10-3-4-10)21-15-12-7-11(16)5-6-13(12)19(2)18-15/h5-7,9-10H,3-4,8H2,1-2H3,(H,17,20)/t9-/m0/s1. The molecule has 0 spiro atoms. The minimum Gasteiger partial charge on any atom is -0.463 e. The van der Waals surface area contributed by atoms with Crippen LogP contribution in [0.3, 0.4) is 0 Å². The number of hydrogen-bond acceptors (Lipinski definition) is 3. The lowest BCUT2D eigenvalue weighted by Gasteiger charge is -2.13. The van der Waals surface area contributed by atoms with Crippen LogP contribution in [-0.4, -0.2) is 28.3 Å². The van der Waals surface area contributed by atoms with E-state index < -0.39 is 6.10 Å². The predicted molar refractivity (Wildman–Crippen MR) is 84.2 cm³/mol. The maximum Gasteiger partial charge on any atom is 0.260 e. The van der Waals surface area contributed by atoms with Crippen LogP contribution in [0, 0.1) is 5.92 Å². The summed E-state index contributed by atoms with van der Waals surface area (Å²) in [5.74, 6) is 1.06. The van der Waals surface area contributed by atoms with Crippen molar-refractivity contribution in [3.05, 3.63) is 22.7 Å². The molecule has 1 N–H and O–H groups in total. The van der Waals surface area contributed by atoms with Crippen molar-refractivity contribution in [3.8, 4) is 5.88 Å². The molecule has 6 heteroatoms. The van der Waals surface area contributed by atoms with Crippen LogP contribution in [0.15, 0.2) is 22.7 Å². The monoisotopic (exact) mass is 351 g/mol. The first-order valence-electron chi connectivity index (χ1n) is 7.11. The number of aromatic nitrogens is 2. The summed E-state index contributed by atoms with van der Waals surface area (Å²) in [6.07, 6.45) is 1.88. The molecule has 1 heterocycles. The predicted octanol–water partition coefficient (Wildman–Crippen LogP) is 2.63. The molecule has 5 nitrogen and oxygen atoms in total. The summed E-state index contributed by atoms with van der Waals surface area (Å²) in [5.41, 5.74) is 0.971. The second kappa shape index (κ2) is 5.67. The number of hydrogen-bond donors (Lipinski definition) is 1. The van der Waals surface area contributed by atoms with Crippen LogP contribution in [-0.2, 0) is 11.8 Å². The summed E-state index contributed by atoms with van der Waals surface area (Å²) in [6, 6.07) is 5.88. The maximum atomic E-state index is 12.0. The van der Waals surface area contributed by atoms with E-state index in [1.165, 1.54) is 12.8 Å². The van der Waals surface area contributed by atoms with Crippen molar-refractivity contribution in [3.63, 3.8) is 0 Å². The van der Waals surface area contributed by atoms with Crippen molar-refractivity contribution < 1.29 is 9.53 Å². The SMILES string of the molecule is C[C@H](Oc1nn(C)c2ccc(Br)cc12)C(=O)NCC1CC1. The Morgan fingerprint density at radius 3 is 3.05 bits per heavy atom. The Labute approximate surface area is 131 Å². The van der Waals surface area contributed by atoms with Gasteiger partial charge >= 0.3 is 0 Å². The van der Waals surface area contributed by atoms with Crippen LogP contribution >= 0.6 is 15.9 Å². The van der Waals surface area contributed by atoms with Gasteiger partial charge in [-0.2, -0.15) is 0 Å². The number of carbonyl (C=O) groups excluding carboxylic acids is 1. The molecule has 112 valence electrons. The van der Waals surface area contributed by atoms with Gasteiger partial charge in [0.25, 0.3) is 5.91 Å². The summed E-state index contributed by atoms with van der Waals surface area (Å²) < 4.78 is 8.47. The van der Waals surface area contributed by atoms with Gasteiger partial charge in [0.05, 0.1) is 10.9 Å². The van der Waals surface area contributed by atoms with Gasteiger partial charge in [-0.15, -0.1) is 5.10 Å². The maximum absolute atomic E-state index is 12.0. The second-order valence-electron chi connectivity index (χ2n) is 5.54. The average Bonchev–Trinajstić information content (AvgIpc) is 3.23. The lowest BCUT2D eigenvalue weighted by Crippen LogP contribution is -2.37. The molecule has 1 amide bonds. The third kappa shape index (κ3) is 3.20. The molecule has 1 atom stereocenters. The minimum absolute atomic E-state index is 0.0873. The Morgan fingerprint density at radius 2 is 2.33 bits per heavy atom. The molecule has 0 radical (unpaired) electrons. The first kappa shape index (κ1) is 14.4.